The normalized spacial score (nSPS) is 41.4. The molecular weight excluding hydrogens is 234 g/mol. The van der Waals surface area contributed by atoms with Crippen molar-refractivity contribution in [2.24, 2.45) is 29.6 Å². The zero-order valence-electron chi connectivity index (χ0n) is 9.15. The summed E-state index contributed by atoms with van der Waals surface area (Å²) in [5.74, 6) is -7.07. The lowest BCUT2D eigenvalue weighted by Crippen LogP contribution is -2.33. The highest BCUT2D eigenvalue weighted by Gasteiger charge is 2.62. The summed E-state index contributed by atoms with van der Waals surface area (Å²) in [6.07, 6.45) is -9.10. The average Bonchev–Trinajstić information content (AvgIpc) is 2.19. The summed E-state index contributed by atoms with van der Waals surface area (Å²) in [7, 11) is 0. The quantitative estimate of drug-likeness (QED) is 0.562. The van der Waals surface area contributed by atoms with Crippen LogP contribution in [0.5, 0.6) is 0 Å². The topological polar surface area (TPSA) is 0 Å². The maximum absolute atomic E-state index is 12.6. The minimum Gasteiger partial charge on any atom is -0.171 e. The Labute approximate surface area is 90.0 Å². The van der Waals surface area contributed by atoms with Crippen molar-refractivity contribution in [2.75, 3.05) is 0 Å². The van der Waals surface area contributed by atoms with Gasteiger partial charge in [0, 0.05) is 0 Å². The highest BCUT2D eigenvalue weighted by atomic mass is 19.4. The molecule has 5 atom stereocenters. The predicted octanol–water partition coefficient (Wildman–Crippen LogP) is 4.27. The smallest absolute Gasteiger partial charge is 0.171 e. The lowest BCUT2D eigenvalue weighted by Gasteiger charge is -2.25. The molecule has 0 heterocycles. The van der Waals surface area contributed by atoms with Gasteiger partial charge in [0.15, 0.2) is 0 Å². The van der Waals surface area contributed by atoms with Gasteiger partial charge in [-0.1, -0.05) is 20.8 Å². The molecule has 0 aromatic heterocycles. The van der Waals surface area contributed by atoms with Crippen molar-refractivity contribution in [1.82, 2.24) is 0 Å². The van der Waals surface area contributed by atoms with E-state index < -0.39 is 41.9 Å². The third kappa shape index (κ3) is 2.15. The van der Waals surface area contributed by atoms with Gasteiger partial charge < -0.3 is 0 Å². The fraction of sp³-hybridized carbons (Fsp3) is 1.00. The largest absolute Gasteiger partial charge is 0.392 e. The van der Waals surface area contributed by atoms with Crippen molar-refractivity contribution in [3.63, 3.8) is 0 Å². The molecular formula is C10H14F6. The van der Waals surface area contributed by atoms with E-state index in [2.05, 4.69) is 0 Å². The van der Waals surface area contributed by atoms with Gasteiger partial charge in [-0.2, -0.15) is 26.3 Å². The van der Waals surface area contributed by atoms with Crippen LogP contribution < -0.4 is 0 Å². The number of hydrogen-bond donors (Lipinski definition) is 0. The second kappa shape index (κ2) is 3.81. The fourth-order valence-corrected chi connectivity index (χ4v) is 3.03. The molecule has 1 rings (SSSR count). The van der Waals surface area contributed by atoms with Crippen LogP contribution in [0.1, 0.15) is 20.8 Å². The summed E-state index contributed by atoms with van der Waals surface area (Å²) in [6, 6.07) is 0. The summed E-state index contributed by atoms with van der Waals surface area (Å²) in [5, 5.41) is 0. The lowest BCUT2D eigenvalue weighted by molar-refractivity contribution is -0.213. The number of rotatable bonds is 0. The van der Waals surface area contributed by atoms with Gasteiger partial charge in [0.1, 0.15) is 0 Å². The minimum absolute atomic E-state index is 0.985. The minimum atomic E-state index is -4.55. The van der Waals surface area contributed by atoms with Crippen LogP contribution in [0.4, 0.5) is 26.3 Å². The molecule has 0 amide bonds. The molecule has 0 saturated heterocycles. The monoisotopic (exact) mass is 248 g/mol. The summed E-state index contributed by atoms with van der Waals surface area (Å²) in [5.41, 5.74) is 0. The Hall–Kier alpha value is -0.420. The third-order valence-corrected chi connectivity index (χ3v) is 3.85. The van der Waals surface area contributed by atoms with E-state index in [1.807, 2.05) is 0 Å². The zero-order valence-corrected chi connectivity index (χ0v) is 9.15. The Balaban J connectivity index is 3.04. The van der Waals surface area contributed by atoms with Crippen LogP contribution in [0.25, 0.3) is 0 Å². The second-order valence-corrected chi connectivity index (χ2v) is 4.71. The predicted molar refractivity (Wildman–Crippen MR) is 46.6 cm³/mol. The van der Waals surface area contributed by atoms with E-state index in [1.165, 1.54) is 13.8 Å². The van der Waals surface area contributed by atoms with Gasteiger partial charge in [-0.15, -0.1) is 0 Å². The molecule has 6 heteroatoms. The van der Waals surface area contributed by atoms with Crippen molar-refractivity contribution in [3.8, 4) is 0 Å². The molecule has 4 unspecified atom stereocenters. The molecule has 1 aliphatic carbocycles. The van der Waals surface area contributed by atoms with Gasteiger partial charge in [0.25, 0.3) is 0 Å². The first-order valence-electron chi connectivity index (χ1n) is 5.11. The first kappa shape index (κ1) is 13.6. The van der Waals surface area contributed by atoms with Crippen LogP contribution in [0.3, 0.4) is 0 Å². The highest BCUT2D eigenvalue weighted by Crippen LogP contribution is 2.56. The average molecular weight is 248 g/mol. The molecule has 1 aliphatic rings. The van der Waals surface area contributed by atoms with Crippen molar-refractivity contribution in [3.05, 3.63) is 0 Å². The summed E-state index contributed by atoms with van der Waals surface area (Å²) in [4.78, 5) is 0. The maximum Gasteiger partial charge on any atom is 0.392 e. The molecule has 1 fully saturated rings. The molecule has 96 valence electrons. The standard InChI is InChI=1S/C10H14F6/c1-4-5(2)8(10(14,15)16)6(3)7(4)9(11,12)13/h4-8H,1-3H3/t4-,5?,6?,7?,8?/m1/s1. The third-order valence-electron chi connectivity index (χ3n) is 3.85. The molecule has 0 nitrogen and oxygen atoms in total. The number of hydrogen-bond acceptors (Lipinski definition) is 0. The zero-order chi connectivity index (χ0) is 12.9. The van der Waals surface area contributed by atoms with Gasteiger partial charge in [0.05, 0.1) is 11.8 Å². The maximum atomic E-state index is 12.6. The summed E-state index contributed by atoms with van der Waals surface area (Å²) < 4.78 is 75.8. The number of alkyl halides is 6. The summed E-state index contributed by atoms with van der Waals surface area (Å²) in [6.45, 7) is 3.56. The van der Waals surface area contributed by atoms with E-state index in [0.29, 0.717) is 0 Å². The summed E-state index contributed by atoms with van der Waals surface area (Å²) >= 11 is 0. The van der Waals surface area contributed by atoms with Crippen molar-refractivity contribution >= 4 is 0 Å². The Bertz CT molecular complexity index is 227. The molecule has 0 spiro atoms. The Morgan fingerprint density at radius 2 is 0.812 bits per heavy atom. The van der Waals surface area contributed by atoms with E-state index in [0.717, 1.165) is 6.92 Å². The molecule has 0 radical (unpaired) electrons. The lowest BCUT2D eigenvalue weighted by atomic mass is 9.88. The van der Waals surface area contributed by atoms with Gasteiger partial charge in [0.2, 0.25) is 0 Å². The van der Waals surface area contributed by atoms with E-state index in [1.54, 1.807) is 0 Å². The van der Waals surface area contributed by atoms with Crippen LogP contribution in [-0.2, 0) is 0 Å². The van der Waals surface area contributed by atoms with Gasteiger partial charge >= 0.3 is 12.4 Å². The Morgan fingerprint density at radius 1 is 0.562 bits per heavy atom. The molecule has 0 N–H and O–H groups in total. The van der Waals surface area contributed by atoms with Crippen LogP contribution in [0.15, 0.2) is 0 Å². The number of halogens is 6. The van der Waals surface area contributed by atoms with E-state index in [9.17, 15) is 26.3 Å². The molecule has 0 bridgehead atoms. The first-order chi connectivity index (χ1) is 6.98. The van der Waals surface area contributed by atoms with Crippen LogP contribution in [0, 0.1) is 29.6 Å². The van der Waals surface area contributed by atoms with E-state index >= 15 is 0 Å². The van der Waals surface area contributed by atoms with Crippen molar-refractivity contribution in [2.45, 2.75) is 33.1 Å². The molecule has 0 aliphatic heterocycles. The van der Waals surface area contributed by atoms with Crippen LogP contribution >= 0.6 is 0 Å². The Kier molecular flexibility index (Phi) is 3.25. The molecule has 0 aromatic carbocycles. The van der Waals surface area contributed by atoms with Crippen LogP contribution in [0.2, 0.25) is 0 Å². The van der Waals surface area contributed by atoms with Gasteiger partial charge in [-0.05, 0) is 17.8 Å². The van der Waals surface area contributed by atoms with Crippen molar-refractivity contribution < 1.29 is 26.3 Å². The van der Waals surface area contributed by atoms with Gasteiger partial charge in [-0.25, -0.2) is 0 Å². The second-order valence-electron chi connectivity index (χ2n) is 4.71. The van der Waals surface area contributed by atoms with Crippen molar-refractivity contribution in [1.29, 1.82) is 0 Å². The first-order valence-corrected chi connectivity index (χ1v) is 5.11. The molecule has 0 aromatic rings. The molecule has 16 heavy (non-hydrogen) atoms. The van der Waals surface area contributed by atoms with Crippen LogP contribution in [-0.4, -0.2) is 12.4 Å². The van der Waals surface area contributed by atoms with E-state index in [4.69, 9.17) is 0 Å². The highest BCUT2D eigenvalue weighted by molar-refractivity contribution is 4.97. The SMILES string of the molecule is CC1C(C(F)(F)F)C(C)[C@@H](C)C1C(F)(F)F. The van der Waals surface area contributed by atoms with E-state index in [-0.39, 0.29) is 0 Å². The fourth-order valence-electron chi connectivity index (χ4n) is 3.03. The molecule has 1 saturated carbocycles. The van der Waals surface area contributed by atoms with Gasteiger partial charge in [-0.3, -0.25) is 0 Å². The Morgan fingerprint density at radius 3 is 0.938 bits per heavy atom.